The summed E-state index contributed by atoms with van der Waals surface area (Å²) in [6.07, 6.45) is 11.6. The zero-order valence-electron chi connectivity index (χ0n) is 8.30. The first-order chi connectivity index (χ1) is 7.45. The molecule has 0 bridgehead atoms. The zero-order chi connectivity index (χ0) is 10.3. The monoisotopic (exact) mass is 196 g/mol. The van der Waals surface area contributed by atoms with E-state index in [0.29, 0.717) is 0 Å². The maximum absolute atomic E-state index is 3.98. The molecule has 2 nitrogen and oxygen atoms in total. The molecule has 74 valence electrons. The number of allylic oxidation sites excluding steroid dienone is 4. The lowest BCUT2D eigenvalue weighted by Gasteiger charge is -1.97. The van der Waals surface area contributed by atoms with Crippen LogP contribution in [0.2, 0.25) is 0 Å². The van der Waals surface area contributed by atoms with Gasteiger partial charge in [-0.25, -0.2) is 0 Å². The molecule has 1 aliphatic rings. The molecular formula is C13H12N2. The number of nitrogens with one attached hydrogen (secondary N) is 1. The van der Waals surface area contributed by atoms with Gasteiger partial charge in [0.15, 0.2) is 0 Å². The Balaban J connectivity index is 2.09. The van der Waals surface area contributed by atoms with Crippen LogP contribution in [0, 0.1) is 0 Å². The van der Waals surface area contributed by atoms with Crippen LogP contribution in [0.4, 0.5) is 0 Å². The average Bonchev–Trinajstić information content (AvgIpc) is 2.56. The summed E-state index contributed by atoms with van der Waals surface area (Å²) in [4.78, 5) is 0. The fourth-order valence-electron chi connectivity index (χ4n) is 1.24. The molecule has 2 heteroatoms. The molecule has 1 N–H and O–H groups in total. The molecule has 1 heterocycles. The Labute approximate surface area is 89.3 Å². The van der Waals surface area contributed by atoms with Crippen molar-refractivity contribution in [2.75, 3.05) is 0 Å². The summed E-state index contributed by atoms with van der Waals surface area (Å²) in [5.41, 5.74) is 5.09. The minimum Gasteiger partial charge on any atom is -0.279 e. The van der Waals surface area contributed by atoms with Crippen molar-refractivity contribution in [3.63, 3.8) is 0 Å². The van der Waals surface area contributed by atoms with E-state index in [0.717, 1.165) is 5.70 Å². The lowest BCUT2D eigenvalue weighted by Crippen LogP contribution is -2.00. The summed E-state index contributed by atoms with van der Waals surface area (Å²) >= 11 is 0. The number of nitrogens with zero attached hydrogens (tertiary/aromatic N) is 1. The number of rotatable bonds is 2. The lowest BCUT2D eigenvalue weighted by molar-refractivity contribution is 0.929. The van der Waals surface area contributed by atoms with E-state index in [9.17, 15) is 0 Å². The van der Waals surface area contributed by atoms with Crippen molar-refractivity contribution in [1.29, 1.82) is 0 Å². The van der Waals surface area contributed by atoms with Crippen LogP contribution in [0.3, 0.4) is 0 Å². The highest BCUT2D eigenvalue weighted by molar-refractivity contribution is 5.72. The van der Waals surface area contributed by atoms with E-state index in [1.807, 2.05) is 48.6 Å². The number of hydrogen-bond acceptors (Lipinski definition) is 2. The third kappa shape index (κ3) is 2.95. The van der Waals surface area contributed by atoms with Crippen LogP contribution in [-0.4, -0.2) is 6.21 Å². The van der Waals surface area contributed by atoms with E-state index in [1.165, 1.54) is 5.56 Å². The van der Waals surface area contributed by atoms with Gasteiger partial charge in [-0.05, 0) is 23.8 Å². The Bertz CT molecular complexity index is 425. The minimum atomic E-state index is 0.976. The Hall–Kier alpha value is -2.09. The summed E-state index contributed by atoms with van der Waals surface area (Å²) in [6.45, 7) is 0. The van der Waals surface area contributed by atoms with Gasteiger partial charge in [-0.1, -0.05) is 42.5 Å². The van der Waals surface area contributed by atoms with Gasteiger partial charge in [0, 0.05) is 6.21 Å². The van der Waals surface area contributed by atoms with Gasteiger partial charge < -0.3 is 0 Å². The molecule has 1 aromatic carbocycles. The van der Waals surface area contributed by atoms with Gasteiger partial charge in [0.25, 0.3) is 0 Å². The van der Waals surface area contributed by atoms with Gasteiger partial charge in [-0.3, -0.25) is 5.43 Å². The predicted molar refractivity (Wildman–Crippen MR) is 64.3 cm³/mol. The standard InChI is InChI=1S/C13H12N2/c1-2-6-12(7-3-1)9-10-13-8-4-5-11-14-15-13/h1-11,15H. The molecule has 0 saturated heterocycles. The SMILES string of the molecule is C1=CC=C(C=Cc2ccccc2)NN=C1. The van der Waals surface area contributed by atoms with Crippen LogP contribution < -0.4 is 5.43 Å². The number of hydrazone groups is 1. The molecular weight excluding hydrogens is 184 g/mol. The molecule has 1 aliphatic heterocycles. The molecule has 0 aliphatic carbocycles. The first-order valence-electron chi connectivity index (χ1n) is 4.84. The molecule has 0 amide bonds. The molecule has 15 heavy (non-hydrogen) atoms. The van der Waals surface area contributed by atoms with Gasteiger partial charge in [0.05, 0.1) is 5.70 Å². The Kier molecular flexibility index (Phi) is 3.13. The van der Waals surface area contributed by atoms with Gasteiger partial charge in [-0.2, -0.15) is 5.10 Å². The summed E-state index contributed by atoms with van der Waals surface area (Å²) in [6, 6.07) is 10.2. The highest BCUT2D eigenvalue weighted by Crippen LogP contribution is 2.04. The largest absolute Gasteiger partial charge is 0.279 e. The van der Waals surface area contributed by atoms with E-state index in [2.05, 4.69) is 22.7 Å². The smallest absolute Gasteiger partial charge is 0.0562 e. The number of hydrogen-bond donors (Lipinski definition) is 1. The maximum atomic E-state index is 3.98. The molecule has 0 saturated carbocycles. The molecule has 0 atom stereocenters. The second-order valence-electron chi connectivity index (χ2n) is 3.14. The molecule has 0 spiro atoms. The third-order valence-electron chi connectivity index (χ3n) is 2.00. The minimum absolute atomic E-state index is 0.976. The maximum Gasteiger partial charge on any atom is 0.0562 e. The van der Waals surface area contributed by atoms with Gasteiger partial charge >= 0.3 is 0 Å². The summed E-state index contributed by atoms with van der Waals surface area (Å²) in [5, 5.41) is 3.98. The Morgan fingerprint density at radius 3 is 2.73 bits per heavy atom. The summed E-state index contributed by atoms with van der Waals surface area (Å²) in [5.74, 6) is 0. The van der Waals surface area contributed by atoms with Crippen molar-refractivity contribution >= 4 is 12.3 Å². The highest BCUT2D eigenvalue weighted by Gasteiger charge is 1.89. The van der Waals surface area contributed by atoms with E-state index in [-0.39, 0.29) is 0 Å². The second-order valence-corrected chi connectivity index (χ2v) is 3.14. The van der Waals surface area contributed by atoms with Crippen molar-refractivity contribution in [2.24, 2.45) is 5.10 Å². The van der Waals surface area contributed by atoms with Gasteiger partial charge in [0.2, 0.25) is 0 Å². The van der Waals surface area contributed by atoms with Crippen molar-refractivity contribution < 1.29 is 0 Å². The van der Waals surface area contributed by atoms with Crippen LogP contribution in [0.5, 0.6) is 0 Å². The van der Waals surface area contributed by atoms with Crippen molar-refractivity contribution in [2.45, 2.75) is 0 Å². The average molecular weight is 196 g/mol. The van der Waals surface area contributed by atoms with Crippen LogP contribution >= 0.6 is 0 Å². The predicted octanol–water partition coefficient (Wildman–Crippen LogP) is 2.73. The summed E-state index contributed by atoms with van der Waals surface area (Å²) in [7, 11) is 0. The topological polar surface area (TPSA) is 24.4 Å². The fourth-order valence-corrected chi connectivity index (χ4v) is 1.24. The van der Waals surface area contributed by atoms with E-state index in [1.54, 1.807) is 6.21 Å². The Morgan fingerprint density at radius 2 is 1.87 bits per heavy atom. The fraction of sp³-hybridized carbons (Fsp3) is 0. The Morgan fingerprint density at radius 1 is 1.00 bits per heavy atom. The number of benzene rings is 1. The van der Waals surface area contributed by atoms with Crippen LogP contribution in [0.15, 0.2) is 65.4 Å². The van der Waals surface area contributed by atoms with E-state index in [4.69, 9.17) is 0 Å². The van der Waals surface area contributed by atoms with Gasteiger partial charge in [-0.15, -0.1) is 0 Å². The highest BCUT2D eigenvalue weighted by atomic mass is 15.3. The van der Waals surface area contributed by atoms with E-state index >= 15 is 0 Å². The molecule has 0 radical (unpaired) electrons. The zero-order valence-corrected chi connectivity index (χ0v) is 8.30. The second kappa shape index (κ2) is 4.96. The molecule has 2 rings (SSSR count). The van der Waals surface area contributed by atoms with E-state index < -0.39 is 0 Å². The first kappa shape index (κ1) is 9.46. The van der Waals surface area contributed by atoms with Crippen LogP contribution in [0.1, 0.15) is 5.56 Å². The van der Waals surface area contributed by atoms with Crippen LogP contribution in [-0.2, 0) is 0 Å². The van der Waals surface area contributed by atoms with Crippen molar-refractivity contribution in [3.05, 3.63) is 65.9 Å². The van der Waals surface area contributed by atoms with Crippen LogP contribution in [0.25, 0.3) is 6.08 Å². The quantitative estimate of drug-likeness (QED) is 0.772. The van der Waals surface area contributed by atoms with Gasteiger partial charge in [0.1, 0.15) is 0 Å². The summed E-state index contributed by atoms with van der Waals surface area (Å²) < 4.78 is 0. The molecule has 0 aromatic heterocycles. The third-order valence-corrected chi connectivity index (χ3v) is 2.00. The van der Waals surface area contributed by atoms with Crippen molar-refractivity contribution in [3.8, 4) is 0 Å². The molecule has 1 aromatic rings. The molecule has 0 fully saturated rings. The first-order valence-corrected chi connectivity index (χ1v) is 4.84. The molecule has 0 unspecified atom stereocenters. The normalized spacial score (nSPS) is 14.8. The lowest BCUT2D eigenvalue weighted by atomic mass is 10.2. The van der Waals surface area contributed by atoms with Crippen molar-refractivity contribution in [1.82, 2.24) is 5.43 Å².